The third-order valence-corrected chi connectivity index (χ3v) is 6.45. The van der Waals surface area contributed by atoms with Crippen LogP contribution >= 0.6 is 11.3 Å². The molecule has 162 valence electrons. The first-order chi connectivity index (χ1) is 14.7. The molecule has 1 heterocycles. The molecule has 0 aliphatic rings. The molecular formula is C19H13F2N2O6S2-. The van der Waals surface area contributed by atoms with Crippen molar-refractivity contribution in [1.82, 2.24) is 0 Å². The van der Waals surface area contributed by atoms with E-state index < -0.39 is 28.5 Å². The Bertz CT molecular complexity index is 1160. The first-order valence-electron chi connectivity index (χ1n) is 8.42. The van der Waals surface area contributed by atoms with Crippen molar-refractivity contribution in [2.75, 3.05) is 4.72 Å². The normalized spacial score (nSPS) is 11.9. The Morgan fingerprint density at radius 3 is 2.26 bits per heavy atom. The molecule has 0 spiro atoms. The number of nitrogens with one attached hydrogen (secondary N) is 1. The van der Waals surface area contributed by atoms with Gasteiger partial charge in [0.25, 0.3) is 10.0 Å². The van der Waals surface area contributed by atoms with Crippen LogP contribution in [0.2, 0.25) is 0 Å². The van der Waals surface area contributed by atoms with Gasteiger partial charge in [-0.25, -0.2) is 13.2 Å². The maximum Gasteiger partial charge on any atom is 0.387 e. The van der Waals surface area contributed by atoms with Crippen LogP contribution in [0.5, 0.6) is 5.75 Å². The van der Waals surface area contributed by atoms with Crippen LogP contribution in [0.25, 0.3) is 0 Å². The van der Waals surface area contributed by atoms with Crippen LogP contribution in [0, 0.1) is 0 Å². The second-order valence-corrected chi connectivity index (χ2v) is 8.65. The first-order valence-corrected chi connectivity index (χ1v) is 10.8. The lowest BCUT2D eigenvalue weighted by Gasteiger charge is -2.11. The van der Waals surface area contributed by atoms with Crippen LogP contribution in [0.15, 0.2) is 75.4 Å². The molecule has 3 rings (SSSR count). The van der Waals surface area contributed by atoms with Gasteiger partial charge in [0.05, 0.1) is 5.56 Å². The largest absolute Gasteiger partial charge is 0.856 e. The minimum absolute atomic E-state index is 0.00671. The Hall–Kier alpha value is -3.51. The molecule has 12 heteroatoms. The molecule has 2 aromatic carbocycles. The summed E-state index contributed by atoms with van der Waals surface area (Å²) >= 11 is 1.06. The average Bonchev–Trinajstić information content (AvgIpc) is 3.28. The van der Waals surface area contributed by atoms with Crippen LogP contribution < -0.4 is 14.6 Å². The fourth-order valence-electron chi connectivity index (χ4n) is 2.26. The van der Waals surface area contributed by atoms with Crippen molar-refractivity contribution in [1.29, 1.82) is 0 Å². The number of hydrogen-bond acceptors (Lipinski definition) is 8. The first kappa shape index (κ1) is 22.2. The number of oxime groups is 1. The van der Waals surface area contributed by atoms with Gasteiger partial charge in [-0.2, -0.15) is 8.78 Å². The quantitative estimate of drug-likeness (QED) is 0.236. The molecule has 0 fully saturated rings. The number of rotatable bonds is 8. The molecule has 0 amide bonds. The maximum atomic E-state index is 12.2. The number of ether oxygens (including phenoxy) is 1. The third kappa shape index (κ3) is 5.99. The highest BCUT2D eigenvalue weighted by Gasteiger charge is 2.15. The fraction of sp³-hybridized carbons (Fsp3) is 0.0526. The van der Waals surface area contributed by atoms with Gasteiger partial charge in [0.1, 0.15) is 9.96 Å². The van der Waals surface area contributed by atoms with Gasteiger partial charge in [0, 0.05) is 11.6 Å². The Labute approximate surface area is 179 Å². The van der Waals surface area contributed by atoms with Gasteiger partial charge in [-0.05, 0) is 53.4 Å². The highest BCUT2D eigenvalue weighted by atomic mass is 32.2. The number of sulfonamides is 1. The fourth-order valence-corrected chi connectivity index (χ4v) is 4.31. The number of carbonyl (C=O) groups excluding carboxylic acids is 1. The number of nitrogens with zero attached hydrogens (tertiary/aromatic N) is 1. The van der Waals surface area contributed by atoms with Gasteiger partial charge in [-0.15, -0.1) is 11.3 Å². The van der Waals surface area contributed by atoms with Crippen LogP contribution in [0.1, 0.15) is 15.9 Å². The Kier molecular flexibility index (Phi) is 6.82. The standard InChI is InChI=1S/C19H14F2N2O6S2/c20-19(21)28-15-9-5-12(6-10-15)17(24)22-29-18(25)13-3-7-14(8-4-13)23-31(26,27)16-2-1-11-30-16/h1-11,19,23H,(H,22,24)/p-1. The van der Waals surface area contributed by atoms with E-state index in [1.165, 1.54) is 42.5 Å². The van der Waals surface area contributed by atoms with Crippen LogP contribution in [0.4, 0.5) is 14.5 Å². The topological polar surface area (TPSA) is 117 Å². The molecule has 31 heavy (non-hydrogen) atoms. The smallest absolute Gasteiger partial charge is 0.387 e. The average molecular weight is 467 g/mol. The third-order valence-electron chi connectivity index (χ3n) is 3.67. The van der Waals surface area contributed by atoms with Gasteiger partial charge >= 0.3 is 12.6 Å². The van der Waals surface area contributed by atoms with E-state index in [4.69, 9.17) is 0 Å². The molecule has 3 aromatic rings. The lowest BCUT2D eigenvalue weighted by atomic mass is 10.2. The Balaban J connectivity index is 1.61. The van der Waals surface area contributed by atoms with Crippen molar-refractivity contribution in [3.63, 3.8) is 0 Å². The molecule has 1 aromatic heterocycles. The van der Waals surface area contributed by atoms with Crippen LogP contribution in [0.3, 0.4) is 0 Å². The van der Waals surface area contributed by atoms with Crippen molar-refractivity contribution in [3.8, 4) is 5.75 Å². The number of alkyl halides is 2. The van der Waals surface area contributed by atoms with E-state index in [0.29, 0.717) is 0 Å². The highest BCUT2D eigenvalue weighted by molar-refractivity contribution is 7.94. The molecule has 0 unspecified atom stereocenters. The molecule has 0 atom stereocenters. The summed E-state index contributed by atoms with van der Waals surface area (Å²) < 4.78 is 55.3. The van der Waals surface area contributed by atoms with E-state index in [9.17, 15) is 27.1 Å². The summed E-state index contributed by atoms with van der Waals surface area (Å²) in [6.07, 6.45) is 0. The maximum absolute atomic E-state index is 12.2. The van der Waals surface area contributed by atoms with E-state index in [0.717, 1.165) is 23.5 Å². The number of anilines is 1. The summed E-state index contributed by atoms with van der Waals surface area (Å²) in [5.41, 5.74) is 0.244. The predicted molar refractivity (Wildman–Crippen MR) is 107 cm³/mol. The number of halogens is 2. The SMILES string of the molecule is O=C(ON=C([O-])c1ccc(OC(F)F)cc1)c1ccc(NS(=O)(=O)c2cccs2)cc1. The van der Waals surface area contributed by atoms with Gasteiger partial charge in [-0.3, -0.25) is 4.72 Å². The zero-order chi connectivity index (χ0) is 22.4. The van der Waals surface area contributed by atoms with E-state index in [1.807, 2.05) is 0 Å². The second kappa shape index (κ2) is 9.53. The summed E-state index contributed by atoms with van der Waals surface area (Å²) in [7, 11) is -3.73. The second-order valence-electron chi connectivity index (χ2n) is 5.79. The van der Waals surface area contributed by atoms with Crippen LogP contribution in [-0.4, -0.2) is 26.9 Å². The monoisotopic (exact) mass is 467 g/mol. The lowest BCUT2D eigenvalue weighted by molar-refractivity contribution is -0.216. The molecule has 0 saturated heterocycles. The van der Waals surface area contributed by atoms with Gasteiger partial charge in [-0.1, -0.05) is 23.4 Å². The van der Waals surface area contributed by atoms with Gasteiger partial charge < -0.3 is 14.7 Å². The molecular weight excluding hydrogens is 454 g/mol. The predicted octanol–water partition coefficient (Wildman–Crippen LogP) is 3.03. The highest BCUT2D eigenvalue weighted by Crippen LogP contribution is 2.21. The summed E-state index contributed by atoms with van der Waals surface area (Å²) in [6, 6.07) is 13.0. The number of hydrogen-bond donors (Lipinski definition) is 1. The molecule has 0 aliphatic carbocycles. The summed E-state index contributed by atoms with van der Waals surface area (Å²) in [5, 5.41) is 16.7. The molecule has 1 N–H and O–H groups in total. The summed E-state index contributed by atoms with van der Waals surface area (Å²) in [5.74, 6) is -1.99. The van der Waals surface area contributed by atoms with E-state index in [-0.39, 0.29) is 26.8 Å². The number of carbonyl (C=O) groups is 1. The van der Waals surface area contributed by atoms with Crippen molar-refractivity contribution in [2.45, 2.75) is 10.8 Å². The summed E-state index contributed by atoms with van der Waals surface area (Å²) in [6.45, 7) is -3.00. The van der Waals surface area contributed by atoms with E-state index in [1.54, 1.807) is 11.4 Å². The Morgan fingerprint density at radius 2 is 1.68 bits per heavy atom. The minimum atomic E-state index is -3.73. The molecule has 0 radical (unpaired) electrons. The molecule has 0 bridgehead atoms. The van der Waals surface area contributed by atoms with Crippen LogP contribution in [-0.2, 0) is 14.9 Å². The zero-order valence-corrected chi connectivity index (χ0v) is 17.0. The van der Waals surface area contributed by atoms with Gasteiger partial charge in [0.15, 0.2) is 0 Å². The van der Waals surface area contributed by atoms with Crippen molar-refractivity contribution in [3.05, 3.63) is 77.2 Å². The summed E-state index contributed by atoms with van der Waals surface area (Å²) in [4.78, 5) is 16.6. The van der Waals surface area contributed by atoms with Gasteiger partial charge in [0.2, 0.25) is 0 Å². The molecule has 0 aliphatic heterocycles. The minimum Gasteiger partial charge on any atom is -0.856 e. The zero-order valence-electron chi connectivity index (χ0n) is 15.4. The van der Waals surface area contributed by atoms with E-state index in [2.05, 4.69) is 19.5 Å². The lowest BCUT2D eigenvalue weighted by Crippen LogP contribution is -2.20. The van der Waals surface area contributed by atoms with Crippen molar-refractivity contribution >= 4 is 38.9 Å². The van der Waals surface area contributed by atoms with Crippen molar-refractivity contribution in [2.24, 2.45) is 5.16 Å². The molecule has 8 nitrogen and oxygen atoms in total. The molecule has 0 saturated carbocycles. The van der Waals surface area contributed by atoms with E-state index >= 15 is 0 Å². The number of benzene rings is 2. The van der Waals surface area contributed by atoms with Crippen molar-refractivity contribution < 1.29 is 36.7 Å². The number of thiophene rings is 1. The Morgan fingerprint density at radius 1 is 1.03 bits per heavy atom.